The number of rotatable bonds is 8. The van der Waals surface area contributed by atoms with Crippen LogP contribution in [0.1, 0.15) is 16.7 Å². The van der Waals surface area contributed by atoms with Gasteiger partial charge in [-0.1, -0.05) is 18.2 Å². The van der Waals surface area contributed by atoms with E-state index in [1.165, 1.54) is 42.5 Å². The zero-order chi connectivity index (χ0) is 28.3. The highest BCUT2D eigenvalue weighted by Gasteiger charge is 2.37. The van der Waals surface area contributed by atoms with E-state index in [-0.39, 0.29) is 29.6 Å². The first-order chi connectivity index (χ1) is 17.5. The van der Waals surface area contributed by atoms with Gasteiger partial charge < -0.3 is 10.1 Å². The van der Waals surface area contributed by atoms with Crippen molar-refractivity contribution in [2.45, 2.75) is 18.9 Å². The lowest BCUT2D eigenvalue weighted by atomic mass is 10.1. The fraction of sp³-hybridized carbons (Fsp3) is 0.208. The average Bonchev–Trinajstić information content (AvgIpc) is 2.80. The molecule has 0 aromatic heterocycles. The Hall–Kier alpha value is -3.81. The molecular weight excluding hydrogens is 545 g/mol. The molecule has 0 unspecified atom stereocenters. The molecule has 0 aliphatic heterocycles. The Kier molecular flexibility index (Phi) is 8.24. The first-order valence-electron chi connectivity index (χ1n) is 10.6. The summed E-state index contributed by atoms with van der Waals surface area (Å²) in [5, 5.41) is 1.93. The third-order valence-corrected chi connectivity index (χ3v) is 6.18. The quantitative estimate of drug-likeness (QED) is 0.349. The topological polar surface area (TPSA) is 75.7 Å². The number of hydrogen-bond acceptors (Lipinski definition) is 4. The van der Waals surface area contributed by atoms with Crippen LogP contribution in [-0.2, 0) is 33.7 Å². The van der Waals surface area contributed by atoms with Crippen molar-refractivity contribution in [3.05, 3.63) is 89.2 Å². The van der Waals surface area contributed by atoms with Crippen molar-refractivity contribution in [1.82, 2.24) is 0 Å². The van der Waals surface area contributed by atoms with Crippen molar-refractivity contribution in [2.75, 3.05) is 22.5 Å². The second kappa shape index (κ2) is 10.9. The van der Waals surface area contributed by atoms with Crippen molar-refractivity contribution in [3.63, 3.8) is 0 Å². The number of amides is 1. The molecule has 0 saturated heterocycles. The van der Waals surface area contributed by atoms with Crippen LogP contribution in [0.15, 0.2) is 66.7 Å². The molecule has 14 heteroatoms. The fourth-order valence-corrected chi connectivity index (χ4v) is 4.14. The van der Waals surface area contributed by atoms with Gasteiger partial charge in [0.05, 0.1) is 29.6 Å². The maximum absolute atomic E-state index is 14.0. The summed E-state index contributed by atoms with van der Waals surface area (Å²) in [5.41, 5.74) is -3.64. The summed E-state index contributed by atoms with van der Waals surface area (Å²) < 4.78 is 123. The lowest BCUT2D eigenvalue weighted by Gasteiger charge is -2.23. The van der Waals surface area contributed by atoms with Crippen molar-refractivity contribution >= 4 is 27.3 Å². The largest absolute Gasteiger partial charge is 0.484 e. The Morgan fingerprint density at radius 1 is 0.895 bits per heavy atom. The number of carbonyl (C=O) groups is 1. The van der Waals surface area contributed by atoms with Gasteiger partial charge in [0.2, 0.25) is 10.0 Å². The molecule has 0 saturated carbocycles. The highest BCUT2D eigenvalue weighted by molar-refractivity contribution is 7.92. The molecule has 3 aromatic rings. The third kappa shape index (κ3) is 7.60. The second-order valence-corrected chi connectivity index (χ2v) is 9.89. The normalized spacial score (nSPS) is 12.2. The minimum atomic E-state index is -5.08. The number of halogens is 7. The number of carbonyl (C=O) groups excluding carboxylic acids is 1. The summed E-state index contributed by atoms with van der Waals surface area (Å²) in [6, 6.07) is 11.5. The van der Waals surface area contributed by atoms with Gasteiger partial charge in [0, 0.05) is 11.3 Å². The van der Waals surface area contributed by atoms with Gasteiger partial charge >= 0.3 is 12.4 Å². The molecule has 0 atom stereocenters. The fourth-order valence-electron chi connectivity index (χ4n) is 3.26. The highest BCUT2D eigenvalue weighted by Crippen LogP contribution is 2.37. The van der Waals surface area contributed by atoms with E-state index in [0.29, 0.717) is 12.1 Å². The maximum Gasteiger partial charge on any atom is 0.416 e. The molecule has 0 radical (unpaired) electrons. The number of hydrogen-bond donors (Lipinski definition) is 1. The summed E-state index contributed by atoms with van der Waals surface area (Å²) in [6.45, 7) is -1.08. The standard InChI is InChI=1S/C24H19F7N2O4S/c1-38(35,36)33(13-15-4-2-3-5-21(15)25)19-6-8-20(9-7-19)37-14-22(34)32-18-11-16(23(26,27)28)10-17(12-18)24(29,30)31/h2-12H,13-14H2,1H3,(H,32,34). The number of nitrogens with one attached hydrogen (secondary N) is 1. The Morgan fingerprint density at radius 3 is 1.95 bits per heavy atom. The van der Waals surface area contributed by atoms with Crippen LogP contribution in [0.2, 0.25) is 0 Å². The summed E-state index contributed by atoms with van der Waals surface area (Å²) in [4.78, 5) is 12.1. The van der Waals surface area contributed by atoms with E-state index in [1.54, 1.807) is 6.07 Å². The van der Waals surface area contributed by atoms with Crippen LogP contribution in [-0.4, -0.2) is 27.2 Å². The monoisotopic (exact) mass is 564 g/mol. The summed E-state index contributed by atoms with van der Waals surface area (Å²) in [5.74, 6) is -1.60. The molecule has 0 spiro atoms. The second-order valence-electron chi connectivity index (χ2n) is 7.99. The van der Waals surface area contributed by atoms with Crippen molar-refractivity contribution < 1.29 is 48.7 Å². The van der Waals surface area contributed by atoms with Crippen LogP contribution in [0.5, 0.6) is 5.75 Å². The molecule has 0 bridgehead atoms. The predicted molar refractivity (Wildman–Crippen MR) is 124 cm³/mol. The Balaban J connectivity index is 1.70. The Morgan fingerprint density at radius 2 is 1.45 bits per heavy atom. The molecule has 204 valence electrons. The molecule has 38 heavy (non-hydrogen) atoms. The Labute approximate surface area is 212 Å². The molecule has 0 heterocycles. The average molecular weight is 564 g/mol. The number of anilines is 2. The first kappa shape index (κ1) is 28.8. The van der Waals surface area contributed by atoms with Gasteiger partial charge in [0.25, 0.3) is 5.91 Å². The number of ether oxygens (including phenoxy) is 1. The van der Waals surface area contributed by atoms with Gasteiger partial charge in [-0.15, -0.1) is 0 Å². The van der Waals surface area contributed by atoms with Gasteiger partial charge in [-0.05, 0) is 48.5 Å². The van der Waals surface area contributed by atoms with E-state index in [9.17, 15) is 43.9 Å². The van der Waals surface area contributed by atoms with Gasteiger partial charge in [-0.3, -0.25) is 9.10 Å². The van der Waals surface area contributed by atoms with Gasteiger partial charge in [0.1, 0.15) is 11.6 Å². The molecular formula is C24H19F7N2O4S. The van der Waals surface area contributed by atoms with Gasteiger partial charge in [-0.2, -0.15) is 26.3 Å². The predicted octanol–water partition coefficient (Wildman–Crippen LogP) is 5.85. The third-order valence-electron chi connectivity index (χ3n) is 5.04. The lowest BCUT2D eigenvalue weighted by Crippen LogP contribution is -2.29. The van der Waals surface area contributed by atoms with Crippen LogP contribution in [0.25, 0.3) is 0 Å². The molecule has 6 nitrogen and oxygen atoms in total. The minimum Gasteiger partial charge on any atom is -0.484 e. The molecule has 0 aliphatic rings. The summed E-state index contributed by atoms with van der Waals surface area (Å²) in [7, 11) is -3.83. The zero-order valence-corrected chi connectivity index (χ0v) is 20.2. The summed E-state index contributed by atoms with van der Waals surface area (Å²) >= 11 is 0. The van der Waals surface area contributed by atoms with E-state index in [4.69, 9.17) is 4.74 Å². The van der Waals surface area contributed by atoms with Gasteiger partial charge in [-0.25, -0.2) is 12.8 Å². The molecule has 1 N–H and O–H groups in total. The van der Waals surface area contributed by atoms with E-state index >= 15 is 0 Å². The molecule has 0 fully saturated rings. The number of nitrogens with zero attached hydrogens (tertiary/aromatic N) is 1. The van der Waals surface area contributed by atoms with Crippen LogP contribution in [0.4, 0.5) is 42.1 Å². The van der Waals surface area contributed by atoms with E-state index < -0.39 is 57.5 Å². The van der Waals surface area contributed by atoms with E-state index in [1.807, 2.05) is 5.32 Å². The molecule has 3 rings (SSSR count). The number of sulfonamides is 1. The smallest absolute Gasteiger partial charge is 0.416 e. The van der Waals surface area contributed by atoms with Gasteiger partial charge in [0.15, 0.2) is 6.61 Å². The van der Waals surface area contributed by atoms with E-state index in [0.717, 1.165) is 10.6 Å². The lowest BCUT2D eigenvalue weighted by molar-refractivity contribution is -0.143. The molecule has 3 aromatic carbocycles. The first-order valence-corrected chi connectivity index (χ1v) is 12.4. The van der Waals surface area contributed by atoms with Crippen molar-refractivity contribution in [3.8, 4) is 5.75 Å². The SMILES string of the molecule is CS(=O)(=O)N(Cc1ccccc1F)c1ccc(OCC(=O)Nc2cc(C(F)(F)F)cc(C(F)(F)F)c2)cc1. The van der Waals surface area contributed by atoms with Crippen LogP contribution < -0.4 is 14.4 Å². The minimum absolute atomic E-state index is 0.0447. The summed E-state index contributed by atoms with van der Waals surface area (Å²) in [6.07, 6.45) is -9.23. The maximum atomic E-state index is 14.0. The number of alkyl halides is 6. The zero-order valence-electron chi connectivity index (χ0n) is 19.4. The van der Waals surface area contributed by atoms with Crippen LogP contribution in [0.3, 0.4) is 0 Å². The van der Waals surface area contributed by atoms with E-state index in [2.05, 4.69) is 0 Å². The molecule has 1 amide bonds. The highest BCUT2D eigenvalue weighted by atomic mass is 32.2. The van der Waals surface area contributed by atoms with Crippen molar-refractivity contribution in [1.29, 1.82) is 0 Å². The van der Waals surface area contributed by atoms with Crippen LogP contribution >= 0.6 is 0 Å². The van der Waals surface area contributed by atoms with Crippen LogP contribution in [0, 0.1) is 5.82 Å². The van der Waals surface area contributed by atoms with Crippen molar-refractivity contribution in [2.24, 2.45) is 0 Å². The Bertz CT molecular complexity index is 1370. The number of benzene rings is 3. The molecule has 0 aliphatic carbocycles.